The summed E-state index contributed by atoms with van der Waals surface area (Å²) in [7, 11) is -3.77. The van der Waals surface area contributed by atoms with Crippen LogP contribution in [0.25, 0.3) is 5.69 Å². The third-order valence-electron chi connectivity index (χ3n) is 4.20. The molecule has 3 aromatic rings. The summed E-state index contributed by atoms with van der Waals surface area (Å²) in [4.78, 5) is 4.55. The van der Waals surface area contributed by atoms with E-state index in [0.717, 1.165) is 12.1 Å². The van der Waals surface area contributed by atoms with Crippen molar-refractivity contribution in [2.75, 3.05) is 0 Å². The summed E-state index contributed by atoms with van der Waals surface area (Å²) in [6.07, 6.45) is 0. The van der Waals surface area contributed by atoms with Gasteiger partial charge in [0.05, 0.1) is 17.1 Å². The fourth-order valence-electron chi connectivity index (χ4n) is 2.75. The molecule has 0 aliphatic heterocycles. The SMILES string of the molecule is CC(C)c1nc(CNCc2ccc(F)c(F)c2)nn1-c1ccc(S(N)(=O)=O)cc1. The predicted molar refractivity (Wildman–Crippen MR) is 104 cm³/mol. The fraction of sp³-hybridized carbons (Fsp3) is 0.263. The third kappa shape index (κ3) is 5.03. The molecule has 1 aromatic heterocycles. The zero-order valence-corrected chi connectivity index (χ0v) is 16.7. The first-order valence-corrected chi connectivity index (χ1v) is 10.4. The molecule has 3 rings (SSSR count). The molecule has 0 radical (unpaired) electrons. The van der Waals surface area contributed by atoms with Crippen molar-refractivity contribution in [1.82, 2.24) is 20.1 Å². The Hall–Kier alpha value is -2.69. The summed E-state index contributed by atoms with van der Waals surface area (Å²) in [5.41, 5.74) is 1.26. The molecular formula is C19H21F2N5O2S. The lowest BCUT2D eigenvalue weighted by Gasteiger charge is -2.08. The molecule has 7 nitrogen and oxygen atoms in total. The van der Waals surface area contributed by atoms with Gasteiger partial charge in [0, 0.05) is 12.5 Å². The van der Waals surface area contributed by atoms with Crippen LogP contribution in [0.15, 0.2) is 47.4 Å². The van der Waals surface area contributed by atoms with Gasteiger partial charge in [0.15, 0.2) is 17.5 Å². The quantitative estimate of drug-likeness (QED) is 0.610. The Bertz CT molecular complexity index is 1110. The van der Waals surface area contributed by atoms with Crippen molar-refractivity contribution in [3.63, 3.8) is 0 Å². The van der Waals surface area contributed by atoms with Crippen LogP contribution in [0.5, 0.6) is 0 Å². The van der Waals surface area contributed by atoms with Crippen LogP contribution in [0, 0.1) is 11.6 Å². The van der Waals surface area contributed by atoms with E-state index in [1.54, 1.807) is 16.8 Å². The number of nitrogens with two attached hydrogens (primary N) is 1. The monoisotopic (exact) mass is 421 g/mol. The van der Waals surface area contributed by atoms with Crippen LogP contribution >= 0.6 is 0 Å². The van der Waals surface area contributed by atoms with E-state index in [-0.39, 0.29) is 10.8 Å². The van der Waals surface area contributed by atoms with Gasteiger partial charge in [-0.2, -0.15) is 0 Å². The van der Waals surface area contributed by atoms with E-state index in [1.807, 2.05) is 13.8 Å². The molecule has 0 bridgehead atoms. The molecule has 3 N–H and O–H groups in total. The molecule has 154 valence electrons. The van der Waals surface area contributed by atoms with E-state index in [2.05, 4.69) is 15.4 Å². The molecule has 0 aliphatic carbocycles. The van der Waals surface area contributed by atoms with Gasteiger partial charge in [0.2, 0.25) is 10.0 Å². The van der Waals surface area contributed by atoms with Crippen molar-refractivity contribution in [2.45, 2.75) is 37.8 Å². The van der Waals surface area contributed by atoms with Crippen molar-refractivity contribution in [3.8, 4) is 5.69 Å². The highest BCUT2D eigenvalue weighted by atomic mass is 32.2. The molecule has 0 saturated carbocycles. The van der Waals surface area contributed by atoms with E-state index in [0.29, 0.717) is 36.0 Å². The minimum Gasteiger partial charge on any atom is -0.306 e. The summed E-state index contributed by atoms with van der Waals surface area (Å²) in [6, 6.07) is 9.78. The molecule has 2 aromatic carbocycles. The summed E-state index contributed by atoms with van der Waals surface area (Å²) in [6.45, 7) is 4.59. The summed E-state index contributed by atoms with van der Waals surface area (Å²) < 4.78 is 50.8. The molecule has 10 heteroatoms. The van der Waals surface area contributed by atoms with Gasteiger partial charge in [0.25, 0.3) is 0 Å². The van der Waals surface area contributed by atoms with Crippen LogP contribution in [0.1, 0.15) is 37.0 Å². The summed E-state index contributed by atoms with van der Waals surface area (Å²) in [5, 5.41) is 12.7. The van der Waals surface area contributed by atoms with Gasteiger partial charge in [-0.15, -0.1) is 5.10 Å². The Balaban J connectivity index is 1.77. The van der Waals surface area contributed by atoms with E-state index < -0.39 is 21.7 Å². The maximum atomic E-state index is 13.3. The Morgan fingerprint density at radius 3 is 2.34 bits per heavy atom. The van der Waals surface area contributed by atoms with E-state index in [4.69, 9.17) is 5.14 Å². The van der Waals surface area contributed by atoms with Crippen LogP contribution in [0.3, 0.4) is 0 Å². The lowest BCUT2D eigenvalue weighted by atomic mass is 10.2. The first kappa shape index (κ1) is 21.0. The van der Waals surface area contributed by atoms with Crippen LogP contribution in [-0.4, -0.2) is 23.2 Å². The number of rotatable bonds is 7. The molecule has 0 unspecified atom stereocenters. The number of primary sulfonamides is 1. The summed E-state index contributed by atoms with van der Waals surface area (Å²) in [5.74, 6) is -0.480. The largest absolute Gasteiger partial charge is 0.306 e. The maximum absolute atomic E-state index is 13.3. The first-order chi connectivity index (χ1) is 13.6. The second-order valence-corrected chi connectivity index (χ2v) is 8.41. The highest BCUT2D eigenvalue weighted by Gasteiger charge is 2.16. The van der Waals surface area contributed by atoms with Gasteiger partial charge < -0.3 is 5.32 Å². The van der Waals surface area contributed by atoms with Crippen molar-refractivity contribution in [3.05, 3.63) is 71.3 Å². The molecule has 29 heavy (non-hydrogen) atoms. The molecule has 0 spiro atoms. The molecule has 0 saturated heterocycles. The van der Waals surface area contributed by atoms with Gasteiger partial charge in [-0.3, -0.25) is 0 Å². The number of hydrogen-bond acceptors (Lipinski definition) is 5. The molecule has 1 heterocycles. The second kappa shape index (κ2) is 8.36. The lowest BCUT2D eigenvalue weighted by molar-refractivity contribution is 0.505. The molecule has 0 atom stereocenters. The molecular weight excluding hydrogens is 400 g/mol. The number of benzene rings is 2. The number of nitrogens with zero attached hydrogens (tertiary/aromatic N) is 3. The van der Waals surface area contributed by atoms with Gasteiger partial charge in [-0.1, -0.05) is 19.9 Å². The topological polar surface area (TPSA) is 103 Å². The maximum Gasteiger partial charge on any atom is 0.238 e. The van der Waals surface area contributed by atoms with Crippen molar-refractivity contribution < 1.29 is 17.2 Å². The number of aromatic nitrogens is 3. The van der Waals surface area contributed by atoms with Crippen molar-refractivity contribution in [1.29, 1.82) is 0 Å². The highest BCUT2D eigenvalue weighted by Crippen LogP contribution is 2.19. The lowest BCUT2D eigenvalue weighted by Crippen LogP contribution is -2.14. The van der Waals surface area contributed by atoms with Gasteiger partial charge in [0.1, 0.15) is 5.82 Å². The van der Waals surface area contributed by atoms with Crippen LogP contribution in [0.2, 0.25) is 0 Å². The number of sulfonamides is 1. The third-order valence-corrected chi connectivity index (χ3v) is 5.13. The minimum atomic E-state index is -3.77. The second-order valence-electron chi connectivity index (χ2n) is 6.84. The van der Waals surface area contributed by atoms with Crippen LogP contribution in [-0.2, 0) is 23.1 Å². The highest BCUT2D eigenvalue weighted by molar-refractivity contribution is 7.89. The molecule has 0 amide bonds. The smallest absolute Gasteiger partial charge is 0.238 e. The molecule has 0 fully saturated rings. The zero-order valence-electron chi connectivity index (χ0n) is 15.9. The Morgan fingerprint density at radius 1 is 1.07 bits per heavy atom. The number of hydrogen-bond donors (Lipinski definition) is 2. The van der Waals surface area contributed by atoms with E-state index in [9.17, 15) is 17.2 Å². The Labute approximate surface area is 167 Å². The minimum absolute atomic E-state index is 0.0147. The average Bonchev–Trinajstić information content (AvgIpc) is 3.09. The van der Waals surface area contributed by atoms with Crippen LogP contribution < -0.4 is 10.5 Å². The summed E-state index contributed by atoms with van der Waals surface area (Å²) >= 11 is 0. The average molecular weight is 421 g/mol. The number of halogens is 2. The van der Waals surface area contributed by atoms with Gasteiger partial charge in [-0.05, 0) is 42.0 Å². The normalized spacial score (nSPS) is 11.9. The Morgan fingerprint density at radius 2 is 1.76 bits per heavy atom. The van der Waals surface area contributed by atoms with Crippen molar-refractivity contribution in [2.24, 2.45) is 5.14 Å². The van der Waals surface area contributed by atoms with Crippen molar-refractivity contribution >= 4 is 10.0 Å². The zero-order chi connectivity index (χ0) is 21.2. The van der Waals surface area contributed by atoms with E-state index in [1.165, 1.54) is 18.2 Å². The standard InChI is InChI=1S/C19H21F2N5O2S/c1-12(2)19-24-18(11-23-10-13-3-8-16(20)17(21)9-13)25-26(19)14-4-6-15(7-5-14)29(22,27)28/h3-9,12,23H,10-11H2,1-2H3,(H2,22,27,28). The Kier molecular flexibility index (Phi) is 6.06. The molecule has 0 aliphatic rings. The first-order valence-electron chi connectivity index (χ1n) is 8.89. The van der Waals surface area contributed by atoms with E-state index >= 15 is 0 Å². The number of nitrogens with one attached hydrogen (secondary N) is 1. The van der Waals surface area contributed by atoms with Crippen LogP contribution in [0.4, 0.5) is 8.78 Å². The fourth-order valence-corrected chi connectivity index (χ4v) is 3.27. The predicted octanol–water partition coefficient (Wildman–Crippen LogP) is 2.61. The van der Waals surface area contributed by atoms with Gasteiger partial charge >= 0.3 is 0 Å². The van der Waals surface area contributed by atoms with Gasteiger partial charge in [-0.25, -0.2) is 32.0 Å².